The van der Waals surface area contributed by atoms with Crippen LogP contribution in [0.4, 0.5) is 13.2 Å². The summed E-state index contributed by atoms with van der Waals surface area (Å²) in [4.78, 5) is 15.0. The largest absolute Gasteiger partial charge is 0.497 e. The van der Waals surface area contributed by atoms with Crippen LogP contribution in [0.25, 0.3) is 16.9 Å². The number of alkyl halides is 3. The smallest absolute Gasteiger partial charge is 0.416 e. The lowest BCUT2D eigenvalue weighted by Crippen LogP contribution is -2.40. The van der Waals surface area contributed by atoms with E-state index in [1.165, 1.54) is 12.1 Å². The van der Waals surface area contributed by atoms with Crippen LogP contribution >= 0.6 is 0 Å². The lowest BCUT2D eigenvalue weighted by atomic mass is 9.95. The van der Waals surface area contributed by atoms with Gasteiger partial charge >= 0.3 is 6.18 Å². The number of piperidine rings is 1. The molecule has 1 aliphatic heterocycles. The predicted molar refractivity (Wildman–Crippen MR) is 139 cm³/mol. The molecule has 1 aliphatic rings. The Hall–Kier alpha value is -4.05. The first kappa shape index (κ1) is 26.6. The minimum absolute atomic E-state index is 0.00510. The summed E-state index contributed by atoms with van der Waals surface area (Å²) >= 11 is 0. The number of nitrogens with one attached hydrogen (secondary N) is 1. The summed E-state index contributed by atoms with van der Waals surface area (Å²) in [6.07, 6.45) is 0.930. The van der Waals surface area contributed by atoms with Crippen LogP contribution in [0.15, 0.2) is 77.6 Å². The van der Waals surface area contributed by atoms with Gasteiger partial charge in [0, 0.05) is 42.2 Å². The highest BCUT2D eigenvalue weighted by Crippen LogP contribution is 2.30. The molecule has 0 spiro atoms. The molecule has 0 radical (unpaired) electrons. The van der Waals surface area contributed by atoms with E-state index in [1.807, 2.05) is 53.4 Å². The standard InChI is InChI=1S/C29H29F3N4O3/c1-38-25-8-2-21(3-9-25)27-16-26(39-34-27)17-33-28(37)22-11-13-35(14-12-22)18-20-10-15-36(19-20)24-6-4-23(5-7-24)29(30,31)32/h2-10,15-16,19,22H,11-14,17-18H2,1H3,(H,33,37). The molecule has 0 saturated carbocycles. The highest BCUT2D eigenvalue weighted by molar-refractivity contribution is 5.78. The predicted octanol–water partition coefficient (Wildman–Crippen LogP) is 5.69. The van der Waals surface area contributed by atoms with Crippen molar-refractivity contribution in [3.05, 3.63) is 89.9 Å². The second-order valence-corrected chi connectivity index (χ2v) is 9.65. The monoisotopic (exact) mass is 538 g/mol. The molecule has 1 N–H and O–H groups in total. The third-order valence-corrected chi connectivity index (χ3v) is 6.99. The van der Waals surface area contributed by atoms with Crippen LogP contribution in [0.2, 0.25) is 0 Å². The zero-order valence-corrected chi connectivity index (χ0v) is 21.4. The van der Waals surface area contributed by atoms with Gasteiger partial charge in [0.05, 0.1) is 19.2 Å². The Morgan fingerprint density at radius 1 is 1.08 bits per heavy atom. The lowest BCUT2D eigenvalue weighted by molar-refractivity contribution is -0.137. The Morgan fingerprint density at radius 3 is 2.46 bits per heavy atom. The molecule has 4 aromatic rings. The van der Waals surface area contributed by atoms with Crippen molar-refractivity contribution in [1.29, 1.82) is 0 Å². The maximum absolute atomic E-state index is 12.8. The fourth-order valence-electron chi connectivity index (χ4n) is 4.74. The van der Waals surface area contributed by atoms with Crippen molar-refractivity contribution in [3.8, 4) is 22.7 Å². The summed E-state index contributed by atoms with van der Waals surface area (Å²) in [5.74, 6) is 1.29. The molecule has 0 bridgehead atoms. The summed E-state index contributed by atoms with van der Waals surface area (Å²) in [6, 6.07) is 16.4. The molecule has 0 aliphatic carbocycles. The van der Waals surface area contributed by atoms with E-state index in [4.69, 9.17) is 9.26 Å². The van der Waals surface area contributed by atoms with E-state index in [0.717, 1.165) is 54.9 Å². The van der Waals surface area contributed by atoms with Gasteiger partial charge < -0.3 is 19.1 Å². The molecule has 0 atom stereocenters. The number of aromatic nitrogens is 2. The van der Waals surface area contributed by atoms with Crippen LogP contribution in [0.5, 0.6) is 5.75 Å². The number of carbonyl (C=O) groups excluding carboxylic acids is 1. The van der Waals surface area contributed by atoms with Crippen molar-refractivity contribution >= 4 is 5.91 Å². The number of hydrogen-bond acceptors (Lipinski definition) is 5. The van der Waals surface area contributed by atoms with Crippen LogP contribution in [0.3, 0.4) is 0 Å². The van der Waals surface area contributed by atoms with E-state index in [2.05, 4.69) is 15.4 Å². The topological polar surface area (TPSA) is 72.5 Å². The molecular weight excluding hydrogens is 509 g/mol. The fourth-order valence-corrected chi connectivity index (χ4v) is 4.74. The Bertz CT molecular complexity index is 1390. The van der Waals surface area contributed by atoms with Gasteiger partial charge in [0.15, 0.2) is 5.76 Å². The van der Waals surface area contributed by atoms with E-state index in [0.29, 0.717) is 23.7 Å². The maximum Gasteiger partial charge on any atom is 0.416 e. The van der Waals surface area contributed by atoms with E-state index in [9.17, 15) is 18.0 Å². The minimum atomic E-state index is -4.35. The van der Waals surface area contributed by atoms with Crippen molar-refractivity contribution in [2.75, 3.05) is 20.2 Å². The van der Waals surface area contributed by atoms with E-state index in [1.54, 1.807) is 7.11 Å². The Kier molecular flexibility index (Phi) is 7.74. The van der Waals surface area contributed by atoms with Gasteiger partial charge in [-0.15, -0.1) is 0 Å². The average Bonchev–Trinajstić information content (AvgIpc) is 3.62. The summed E-state index contributed by atoms with van der Waals surface area (Å²) in [5.41, 5.74) is 2.68. The zero-order valence-electron chi connectivity index (χ0n) is 21.4. The van der Waals surface area contributed by atoms with Crippen molar-refractivity contribution in [1.82, 2.24) is 19.9 Å². The molecule has 10 heteroatoms. The van der Waals surface area contributed by atoms with Gasteiger partial charge in [0.1, 0.15) is 11.4 Å². The third kappa shape index (κ3) is 6.51. The van der Waals surface area contributed by atoms with Crippen LogP contribution in [0.1, 0.15) is 29.7 Å². The lowest BCUT2D eigenvalue weighted by Gasteiger charge is -2.31. The normalized spacial score (nSPS) is 14.9. The Labute approximate surface area is 224 Å². The highest BCUT2D eigenvalue weighted by atomic mass is 19.4. The number of benzene rings is 2. The molecule has 2 aromatic carbocycles. The average molecular weight is 539 g/mol. The number of nitrogens with zero attached hydrogens (tertiary/aromatic N) is 3. The second kappa shape index (κ2) is 11.4. The van der Waals surface area contributed by atoms with E-state index >= 15 is 0 Å². The number of hydrogen-bond donors (Lipinski definition) is 1. The van der Waals surface area contributed by atoms with Crippen molar-refractivity contribution in [2.24, 2.45) is 5.92 Å². The number of carbonyl (C=O) groups is 1. The number of rotatable bonds is 8. The molecule has 7 nitrogen and oxygen atoms in total. The Balaban J connectivity index is 1.07. The first-order valence-electron chi connectivity index (χ1n) is 12.7. The van der Waals surface area contributed by atoms with Gasteiger partial charge in [-0.2, -0.15) is 13.2 Å². The SMILES string of the molecule is COc1ccc(-c2cc(CNC(=O)C3CCN(Cc4ccn(-c5ccc(C(F)(F)F)cc5)c4)CC3)on2)cc1. The number of amides is 1. The molecule has 2 aromatic heterocycles. The molecular formula is C29H29F3N4O3. The van der Waals surface area contributed by atoms with Gasteiger partial charge in [-0.25, -0.2) is 0 Å². The number of halogens is 3. The quantitative estimate of drug-likeness (QED) is 0.312. The third-order valence-electron chi connectivity index (χ3n) is 6.99. The van der Waals surface area contributed by atoms with Gasteiger partial charge in [-0.1, -0.05) is 5.16 Å². The number of ether oxygens (including phenoxy) is 1. The van der Waals surface area contributed by atoms with Crippen LogP contribution in [0, 0.1) is 5.92 Å². The Morgan fingerprint density at radius 2 is 1.79 bits per heavy atom. The van der Waals surface area contributed by atoms with Crippen molar-refractivity contribution in [3.63, 3.8) is 0 Å². The number of likely N-dealkylation sites (tertiary alicyclic amines) is 1. The van der Waals surface area contributed by atoms with Gasteiger partial charge in [-0.3, -0.25) is 9.69 Å². The highest BCUT2D eigenvalue weighted by Gasteiger charge is 2.30. The van der Waals surface area contributed by atoms with Crippen LogP contribution in [-0.4, -0.2) is 40.7 Å². The molecule has 0 unspecified atom stereocenters. The first-order valence-corrected chi connectivity index (χ1v) is 12.7. The zero-order chi connectivity index (χ0) is 27.4. The van der Waals surface area contributed by atoms with E-state index < -0.39 is 11.7 Å². The van der Waals surface area contributed by atoms with Gasteiger partial charge in [-0.05, 0) is 86.1 Å². The minimum Gasteiger partial charge on any atom is -0.497 e. The number of methoxy groups -OCH3 is 1. The van der Waals surface area contributed by atoms with Gasteiger partial charge in [0.2, 0.25) is 5.91 Å². The van der Waals surface area contributed by atoms with Crippen molar-refractivity contribution < 1.29 is 27.2 Å². The fraction of sp³-hybridized carbons (Fsp3) is 0.310. The summed E-state index contributed by atoms with van der Waals surface area (Å²) in [5, 5.41) is 7.06. The molecule has 3 heterocycles. The molecule has 1 amide bonds. The van der Waals surface area contributed by atoms with Gasteiger partial charge in [0.25, 0.3) is 0 Å². The van der Waals surface area contributed by atoms with Crippen molar-refractivity contribution in [2.45, 2.75) is 32.1 Å². The molecule has 1 fully saturated rings. The van der Waals surface area contributed by atoms with E-state index in [-0.39, 0.29) is 18.4 Å². The first-order chi connectivity index (χ1) is 18.8. The molecule has 204 valence electrons. The van der Waals surface area contributed by atoms with Crippen LogP contribution < -0.4 is 10.1 Å². The maximum atomic E-state index is 12.8. The van der Waals surface area contributed by atoms with Crippen LogP contribution in [-0.2, 0) is 24.1 Å². The summed E-state index contributed by atoms with van der Waals surface area (Å²) in [6.45, 7) is 2.56. The second-order valence-electron chi connectivity index (χ2n) is 9.65. The molecule has 39 heavy (non-hydrogen) atoms. The summed E-state index contributed by atoms with van der Waals surface area (Å²) < 4.78 is 50.8. The molecule has 5 rings (SSSR count). The molecule has 1 saturated heterocycles. The summed E-state index contributed by atoms with van der Waals surface area (Å²) in [7, 11) is 1.61.